The fourth-order valence-corrected chi connectivity index (χ4v) is 2.51. The van der Waals surface area contributed by atoms with Gasteiger partial charge in [0, 0.05) is 18.7 Å². The average molecular weight is 322 g/mol. The van der Waals surface area contributed by atoms with Crippen molar-refractivity contribution < 1.29 is 9.72 Å². The van der Waals surface area contributed by atoms with Crippen LogP contribution in [0.25, 0.3) is 0 Å². The van der Waals surface area contributed by atoms with E-state index in [1.165, 1.54) is 11.4 Å². The van der Waals surface area contributed by atoms with Crippen molar-refractivity contribution in [1.82, 2.24) is 10.2 Å². The van der Waals surface area contributed by atoms with Gasteiger partial charge >= 0.3 is 0 Å². The minimum absolute atomic E-state index is 0. The van der Waals surface area contributed by atoms with Crippen molar-refractivity contribution in [1.29, 1.82) is 0 Å². The summed E-state index contributed by atoms with van der Waals surface area (Å²) in [5, 5.41) is 14.8. The molecule has 8 heteroatoms. The maximum absolute atomic E-state index is 11.9. The predicted molar refractivity (Wildman–Crippen MR) is 82.9 cm³/mol. The summed E-state index contributed by atoms with van der Waals surface area (Å²) in [5.74, 6) is -0.252. The number of likely N-dealkylation sites (N-methyl/N-ethyl adjacent to an activating group) is 1. The van der Waals surface area contributed by atoms with E-state index in [1.54, 1.807) is 0 Å². The molecule has 1 rings (SSSR count). The van der Waals surface area contributed by atoms with E-state index in [0.29, 0.717) is 4.88 Å². The fourth-order valence-electron chi connectivity index (χ4n) is 1.75. The van der Waals surface area contributed by atoms with Crippen LogP contribution in [0.3, 0.4) is 0 Å². The number of hydrogen-bond acceptors (Lipinski definition) is 5. The van der Waals surface area contributed by atoms with Crippen LogP contribution in [0.5, 0.6) is 0 Å². The van der Waals surface area contributed by atoms with Crippen LogP contribution in [0.15, 0.2) is 11.4 Å². The third-order valence-electron chi connectivity index (χ3n) is 2.82. The number of nitro groups is 1. The molecule has 1 N–H and O–H groups in total. The van der Waals surface area contributed by atoms with E-state index < -0.39 is 4.92 Å². The van der Waals surface area contributed by atoms with E-state index in [0.717, 1.165) is 31.0 Å². The molecule has 0 aliphatic rings. The van der Waals surface area contributed by atoms with Gasteiger partial charge in [0.05, 0.1) is 15.2 Å². The largest absolute Gasteiger partial charge is 0.348 e. The number of carbonyl (C=O) groups excluding carboxylic acids is 1. The molecule has 1 aromatic heterocycles. The number of nitrogens with zero attached hydrogens (tertiary/aromatic N) is 2. The van der Waals surface area contributed by atoms with Crippen LogP contribution in [-0.2, 0) is 0 Å². The van der Waals surface area contributed by atoms with Crippen molar-refractivity contribution in [2.75, 3.05) is 19.6 Å². The number of carbonyl (C=O) groups is 1. The molecule has 114 valence electrons. The average Bonchev–Trinajstić information content (AvgIpc) is 2.85. The standard InChI is InChI=1S/C12H19N3O3S.ClH/c1-4-14(5-2)7-9(3)13-12(16)11-6-10(8-19-11)15(17)18;/h6,8-9H,4-5,7H2,1-3H3,(H,13,16);1H. The highest BCUT2D eigenvalue weighted by molar-refractivity contribution is 7.12. The smallest absolute Gasteiger partial charge is 0.280 e. The van der Waals surface area contributed by atoms with E-state index in [2.05, 4.69) is 24.1 Å². The van der Waals surface area contributed by atoms with Crippen LogP contribution in [-0.4, -0.2) is 41.4 Å². The number of hydrogen-bond donors (Lipinski definition) is 1. The third-order valence-corrected chi connectivity index (χ3v) is 3.74. The zero-order chi connectivity index (χ0) is 14.4. The Hall–Kier alpha value is -1.18. The maximum atomic E-state index is 11.9. The lowest BCUT2D eigenvalue weighted by Crippen LogP contribution is -2.41. The van der Waals surface area contributed by atoms with Gasteiger partial charge in [-0.15, -0.1) is 23.7 Å². The summed E-state index contributed by atoms with van der Waals surface area (Å²) in [6.07, 6.45) is 0. The molecule has 0 saturated carbocycles. The monoisotopic (exact) mass is 321 g/mol. The molecule has 0 radical (unpaired) electrons. The minimum Gasteiger partial charge on any atom is -0.348 e. The Kier molecular flexibility index (Phi) is 8.36. The summed E-state index contributed by atoms with van der Waals surface area (Å²) in [5.41, 5.74) is -0.0356. The quantitative estimate of drug-likeness (QED) is 0.618. The highest BCUT2D eigenvalue weighted by Crippen LogP contribution is 2.21. The second-order valence-electron chi connectivity index (χ2n) is 4.29. The Morgan fingerprint density at radius 1 is 1.50 bits per heavy atom. The van der Waals surface area contributed by atoms with Crippen molar-refractivity contribution in [2.24, 2.45) is 0 Å². The van der Waals surface area contributed by atoms with E-state index >= 15 is 0 Å². The van der Waals surface area contributed by atoms with Gasteiger partial charge in [0.2, 0.25) is 0 Å². The number of thiophene rings is 1. The maximum Gasteiger partial charge on any atom is 0.280 e. The fraction of sp³-hybridized carbons (Fsp3) is 0.583. The lowest BCUT2D eigenvalue weighted by Gasteiger charge is -2.23. The van der Waals surface area contributed by atoms with E-state index in [9.17, 15) is 14.9 Å². The van der Waals surface area contributed by atoms with Crippen LogP contribution in [0.4, 0.5) is 5.69 Å². The molecule has 0 saturated heterocycles. The molecule has 0 spiro atoms. The summed E-state index contributed by atoms with van der Waals surface area (Å²) in [6, 6.07) is 1.32. The van der Waals surface area contributed by atoms with Gasteiger partial charge in [0.25, 0.3) is 11.6 Å². The molecule has 0 bridgehead atoms. The van der Waals surface area contributed by atoms with Gasteiger partial charge in [0.1, 0.15) is 0 Å². The topological polar surface area (TPSA) is 75.5 Å². The highest BCUT2D eigenvalue weighted by Gasteiger charge is 2.17. The Balaban J connectivity index is 0.00000361. The van der Waals surface area contributed by atoms with Crippen molar-refractivity contribution in [3.8, 4) is 0 Å². The normalized spacial score (nSPS) is 11.8. The van der Waals surface area contributed by atoms with Gasteiger partial charge in [0.15, 0.2) is 0 Å². The van der Waals surface area contributed by atoms with Crippen LogP contribution in [0.2, 0.25) is 0 Å². The molecular weight excluding hydrogens is 302 g/mol. The van der Waals surface area contributed by atoms with E-state index in [1.807, 2.05) is 6.92 Å². The molecule has 1 unspecified atom stereocenters. The highest BCUT2D eigenvalue weighted by atomic mass is 35.5. The van der Waals surface area contributed by atoms with Gasteiger partial charge in [-0.1, -0.05) is 13.8 Å². The summed E-state index contributed by atoms with van der Waals surface area (Å²) in [7, 11) is 0. The number of nitrogens with one attached hydrogen (secondary N) is 1. The van der Waals surface area contributed by atoms with E-state index in [-0.39, 0.29) is 30.0 Å². The summed E-state index contributed by atoms with van der Waals surface area (Å²) in [4.78, 5) is 24.6. The molecule has 0 aromatic carbocycles. The van der Waals surface area contributed by atoms with Gasteiger partial charge < -0.3 is 10.2 Å². The third kappa shape index (κ3) is 5.44. The Morgan fingerprint density at radius 3 is 2.55 bits per heavy atom. The Labute approximate surface area is 128 Å². The van der Waals surface area contributed by atoms with Gasteiger partial charge in [-0.2, -0.15) is 0 Å². The first-order chi connectivity index (χ1) is 8.97. The molecular formula is C12H20ClN3O3S. The first kappa shape index (κ1) is 18.8. The van der Waals surface area contributed by atoms with Crippen molar-refractivity contribution in [3.63, 3.8) is 0 Å². The molecule has 1 aromatic rings. The van der Waals surface area contributed by atoms with Crippen LogP contribution in [0, 0.1) is 10.1 Å². The molecule has 0 fully saturated rings. The summed E-state index contributed by atoms with van der Waals surface area (Å²) >= 11 is 1.09. The van der Waals surface area contributed by atoms with Crippen LogP contribution in [0.1, 0.15) is 30.4 Å². The summed E-state index contributed by atoms with van der Waals surface area (Å²) in [6.45, 7) is 8.70. The molecule has 1 amide bonds. The lowest BCUT2D eigenvalue weighted by molar-refractivity contribution is -0.384. The molecule has 20 heavy (non-hydrogen) atoms. The van der Waals surface area contributed by atoms with Gasteiger partial charge in [-0.25, -0.2) is 0 Å². The lowest BCUT2D eigenvalue weighted by atomic mass is 10.3. The second-order valence-corrected chi connectivity index (χ2v) is 5.20. The van der Waals surface area contributed by atoms with Crippen LogP contribution >= 0.6 is 23.7 Å². The SMILES string of the molecule is CCN(CC)CC(C)NC(=O)c1cc([N+](=O)[O-])cs1.Cl. The second kappa shape index (κ2) is 8.89. The van der Waals surface area contributed by atoms with E-state index in [4.69, 9.17) is 0 Å². The summed E-state index contributed by atoms with van der Waals surface area (Å²) < 4.78 is 0. The Morgan fingerprint density at radius 2 is 2.10 bits per heavy atom. The molecule has 0 aliphatic heterocycles. The number of rotatable bonds is 7. The molecule has 1 heterocycles. The minimum atomic E-state index is -0.493. The molecule has 6 nitrogen and oxygen atoms in total. The molecule has 0 aliphatic carbocycles. The van der Waals surface area contributed by atoms with Crippen molar-refractivity contribution >= 4 is 35.3 Å². The van der Waals surface area contributed by atoms with Gasteiger partial charge in [-0.05, 0) is 20.0 Å². The Bertz CT molecular complexity index is 449. The first-order valence-electron chi connectivity index (χ1n) is 6.24. The number of amides is 1. The van der Waals surface area contributed by atoms with Crippen LogP contribution < -0.4 is 5.32 Å². The van der Waals surface area contributed by atoms with Crippen molar-refractivity contribution in [2.45, 2.75) is 26.8 Å². The van der Waals surface area contributed by atoms with Crippen molar-refractivity contribution in [3.05, 3.63) is 26.4 Å². The zero-order valence-corrected chi connectivity index (χ0v) is 13.4. The van der Waals surface area contributed by atoms with Gasteiger partial charge in [-0.3, -0.25) is 14.9 Å². The zero-order valence-electron chi connectivity index (χ0n) is 11.8. The number of halogens is 1. The molecule has 1 atom stereocenters. The predicted octanol–water partition coefficient (Wildman–Crippen LogP) is 2.54. The first-order valence-corrected chi connectivity index (χ1v) is 7.12.